The van der Waals surface area contributed by atoms with E-state index in [-0.39, 0.29) is 22.7 Å². The summed E-state index contributed by atoms with van der Waals surface area (Å²) in [5.74, 6) is -0.00896. The molecule has 0 aliphatic heterocycles. The van der Waals surface area contributed by atoms with Gasteiger partial charge in [-0.1, -0.05) is 11.6 Å². The van der Waals surface area contributed by atoms with E-state index in [0.29, 0.717) is 0 Å². The van der Waals surface area contributed by atoms with Crippen LogP contribution in [0.25, 0.3) is 0 Å². The smallest absolute Gasteiger partial charge is 0.370 e. The topological polar surface area (TPSA) is 50.4 Å². The molecule has 2 rings (SSSR count). The van der Waals surface area contributed by atoms with Crippen LogP contribution in [0.4, 0.5) is 18.9 Å². The molecule has 0 heterocycles. The van der Waals surface area contributed by atoms with E-state index < -0.39 is 11.7 Å². The number of rotatable bonds is 2. The van der Waals surface area contributed by atoms with E-state index in [0.717, 1.165) is 18.9 Å². The third-order valence-corrected chi connectivity index (χ3v) is 2.65. The molecule has 1 aromatic rings. The number of nitrogens with zero attached hydrogens (tertiary/aromatic N) is 1. The van der Waals surface area contributed by atoms with Crippen molar-refractivity contribution in [2.24, 2.45) is 10.7 Å². The fourth-order valence-corrected chi connectivity index (χ4v) is 1.60. The zero-order valence-electron chi connectivity index (χ0n) is 9.26. The van der Waals surface area contributed by atoms with Crippen LogP contribution in [0, 0.1) is 0 Å². The van der Waals surface area contributed by atoms with Crippen LogP contribution in [0.2, 0.25) is 5.02 Å². The van der Waals surface area contributed by atoms with Crippen molar-refractivity contribution in [1.29, 1.82) is 0 Å². The maximum absolute atomic E-state index is 12.8. The van der Waals surface area contributed by atoms with Crippen LogP contribution >= 0.6 is 11.6 Å². The molecule has 3 N–H and O–H groups in total. The van der Waals surface area contributed by atoms with Gasteiger partial charge in [-0.2, -0.15) is 13.2 Å². The Morgan fingerprint density at radius 2 is 2.06 bits per heavy atom. The minimum atomic E-state index is -4.49. The van der Waals surface area contributed by atoms with Gasteiger partial charge in [0, 0.05) is 5.02 Å². The fraction of sp³-hybridized carbons (Fsp3) is 0.364. The minimum absolute atomic E-state index is 0.00896. The van der Waals surface area contributed by atoms with Crippen molar-refractivity contribution < 1.29 is 13.2 Å². The van der Waals surface area contributed by atoms with Crippen LogP contribution in [0.15, 0.2) is 23.2 Å². The van der Waals surface area contributed by atoms with Crippen LogP contribution in [-0.4, -0.2) is 12.0 Å². The Labute approximate surface area is 107 Å². The molecule has 0 bridgehead atoms. The van der Waals surface area contributed by atoms with E-state index in [4.69, 9.17) is 17.3 Å². The third-order valence-electron chi connectivity index (χ3n) is 2.42. The number of anilines is 1. The monoisotopic (exact) mass is 277 g/mol. The minimum Gasteiger partial charge on any atom is -0.370 e. The molecule has 1 saturated carbocycles. The van der Waals surface area contributed by atoms with Crippen molar-refractivity contribution in [1.82, 2.24) is 0 Å². The van der Waals surface area contributed by atoms with Gasteiger partial charge < -0.3 is 11.1 Å². The van der Waals surface area contributed by atoms with Crippen molar-refractivity contribution in [3.05, 3.63) is 28.8 Å². The Hall–Kier alpha value is -1.43. The molecule has 0 spiro atoms. The predicted molar refractivity (Wildman–Crippen MR) is 64.7 cm³/mol. The van der Waals surface area contributed by atoms with E-state index in [2.05, 4.69) is 10.3 Å². The highest BCUT2D eigenvalue weighted by Gasteiger charge is 2.34. The number of hydrogen-bond acceptors (Lipinski definition) is 1. The van der Waals surface area contributed by atoms with Crippen molar-refractivity contribution >= 4 is 23.2 Å². The van der Waals surface area contributed by atoms with Crippen LogP contribution in [-0.2, 0) is 6.18 Å². The third kappa shape index (κ3) is 3.29. The molecule has 98 valence electrons. The molecule has 1 aromatic carbocycles. The Bertz CT molecular complexity index is 481. The lowest BCUT2D eigenvalue weighted by Crippen LogP contribution is -2.25. The summed E-state index contributed by atoms with van der Waals surface area (Å²) in [5, 5.41) is 2.48. The molecular weight excluding hydrogens is 267 g/mol. The van der Waals surface area contributed by atoms with Crippen molar-refractivity contribution in [3.8, 4) is 0 Å². The lowest BCUT2D eigenvalue weighted by atomic mass is 10.1. The van der Waals surface area contributed by atoms with E-state index in [1.807, 2.05) is 0 Å². The predicted octanol–water partition coefficient (Wildman–Crippen LogP) is 3.25. The van der Waals surface area contributed by atoms with E-state index in [1.165, 1.54) is 12.1 Å². The molecular formula is C11H11ClF3N3. The summed E-state index contributed by atoms with van der Waals surface area (Å²) in [4.78, 5) is 4.01. The normalized spacial score (nSPS) is 16.8. The number of nitrogens with one attached hydrogen (secondary N) is 1. The van der Waals surface area contributed by atoms with E-state index in [9.17, 15) is 13.2 Å². The van der Waals surface area contributed by atoms with Gasteiger partial charge in [0.05, 0.1) is 17.3 Å². The van der Waals surface area contributed by atoms with Crippen LogP contribution in [0.3, 0.4) is 0 Å². The van der Waals surface area contributed by atoms with Crippen LogP contribution < -0.4 is 11.1 Å². The first kappa shape index (κ1) is 13.0. The fourth-order valence-electron chi connectivity index (χ4n) is 1.43. The lowest BCUT2D eigenvalue weighted by molar-refractivity contribution is -0.136. The molecule has 7 heteroatoms. The first-order valence-corrected chi connectivity index (χ1v) is 5.71. The second kappa shape index (κ2) is 4.68. The molecule has 1 aliphatic carbocycles. The zero-order valence-corrected chi connectivity index (χ0v) is 10.0. The molecule has 1 aliphatic rings. The quantitative estimate of drug-likeness (QED) is 0.644. The molecule has 0 atom stereocenters. The van der Waals surface area contributed by atoms with Gasteiger partial charge in [0.25, 0.3) is 0 Å². The maximum atomic E-state index is 12.8. The second-order valence-corrected chi connectivity index (χ2v) is 4.49. The van der Waals surface area contributed by atoms with Crippen molar-refractivity contribution in [2.75, 3.05) is 5.32 Å². The zero-order chi connectivity index (χ0) is 13.3. The summed E-state index contributed by atoms with van der Waals surface area (Å²) in [7, 11) is 0. The molecule has 0 radical (unpaired) electrons. The van der Waals surface area contributed by atoms with Gasteiger partial charge in [0.15, 0.2) is 5.96 Å². The highest BCUT2D eigenvalue weighted by atomic mass is 35.5. The number of guanidine groups is 1. The molecule has 18 heavy (non-hydrogen) atoms. The molecule has 0 aromatic heterocycles. The average Bonchev–Trinajstić information content (AvgIpc) is 3.03. The molecule has 1 fully saturated rings. The first-order valence-electron chi connectivity index (χ1n) is 5.33. The Morgan fingerprint density at radius 1 is 1.39 bits per heavy atom. The Morgan fingerprint density at radius 3 is 2.61 bits per heavy atom. The van der Waals surface area contributed by atoms with Crippen molar-refractivity contribution in [3.63, 3.8) is 0 Å². The highest BCUT2D eigenvalue weighted by molar-refractivity contribution is 6.30. The number of nitrogens with two attached hydrogens (primary N) is 1. The molecule has 3 nitrogen and oxygen atoms in total. The first-order chi connectivity index (χ1) is 8.36. The van der Waals surface area contributed by atoms with Gasteiger partial charge in [-0.25, -0.2) is 4.99 Å². The van der Waals surface area contributed by atoms with Gasteiger partial charge in [-0.3, -0.25) is 0 Å². The number of hydrogen-bond donors (Lipinski definition) is 2. The summed E-state index contributed by atoms with van der Waals surface area (Å²) >= 11 is 5.56. The van der Waals surface area contributed by atoms with E-state index in [1.54, 1.807) is 0 Å². The van der Waals surface area contributed by atoms with Crippen LogP contribution in [0.1, 0.15) is 18.4 Å². The standard InChI is InChI=1S/C11H11ClF3N3/c12-6-1-4-9(8(5-6)11(13,14)15)18-10(16)17-7-2-3-7/h1,4-5,7H,2-3H2,(H3,16,17,18). The summed E-state index contributed by atoms with van der Waals surface area (Å²) in [6.45, 7) is 0. The second-order valence-electron chi connectivity index (χ2n) is 4.06. The Kier molecular flexibility index (Phi) is 3.38. The largest absolute Gasteiger partial charge is 0.418 e. The summed E-state index contributed by atoms with van der Waals surface area (Å²) in [6, 6.07) is 3.59. The van der Waals surface area contributed by atoms with Gasteiger partial charge in [0.2, 0.25) is 0 Å². The average molecular weight is 278 g/mol. The van der Waals surface area contributed by atoms with Gasteiger partial charge in [0.1, 0.15) is 0 Å². The number of alkyl halides is 3. The summed E-state index contributed by atoms with van der Waals surface area (Å²) in [6.07, 6.45) is -2.64. The number of benzene rings is 1. The van der Waals surface area contributed by atoms with E-state index >= 15 is 0 Å². The van der Waals surface area contributed by atoms with Crippen molar-refractivity contribution in [2.45, 2.75) is 25.1 Å². The summed E-state index contributed by atoms with van der Waals surface area (Å²) in [5.41, 5.74) is 4.53. The van der Waals surface area contributed by atoms with Gasteiger partial charge >= 0.3 is 6.18 Å². The highest BCUT2D eigenvalue weighted by Crippen LogP contribution is 2.36. The van der Waals surface area contributed by atoms with Gasteiger partial charge in [-0.05, 0) is 31.0 Å². The Balaban J connectivity index is 2.26. The van der Waals surface area contributed by atoms with Gasteiger partial charge in [-0.15, -0.1) is 0 Å². The molecule has 0 amide bonds. The molecule has 0 saturated heterocycles. The number of halogens is 4. The van der Waals surface area contributed by atoms with Crippen LogP contribution in [0.5, 0.6) is 0 Å². The lowest BCUT2D eigenvalue weighted by Gasteiger charge is -2.14. The maximum Gasteiger partial charge on any atom is 0.418 e. The summed E-state index contributed by atoms with van der Waals surface area (Å²) < 4.78 is 38.3. The SMILES string of the molecule is NC(=NC1CC1)Nc1ccc(Cl)cc1C(F)(F)F. The molecule has 0 unspecified atom stereocenters. The number of aliphatic imine (C=N–C) groups is 1.